The smallest absolute Gasteiger partial charge is 0.267 e. The Labute approximate surface area is 103 Å². The Hall–Kier alpha value is -2.67. The lowest BCUT2D eigenvalue weighted by atomic mass is 10.1. The molecule has 3 aromatic rings. The van der Waals surface area contributed by atoms with Gasteiger partial charge in [-0.2, -0.15) is 5.26 Å². The Balaban J connectivity index is 2.46. The summed E-state index contributed by atoms with van der Waals surface area (Å²) in [5, 5.41) is 10.6. The maximum Gasteiger partial charge on any atom is 0.267 e. The van der Waals surface area contributed by atoms with Crippen LogP contribution in [0.15, 0.2) is 35.1 Å². The van der Waals surface area contributed by atoms with E-state index in [4.69, 9.17) is 5.26 Å². The summed E-state index contributed by atoms with van der Waals surface area (Å²) in [5.74, 6) is 0. The summed E-state index contributed by atoms with van der Waals surface area (Å²) in [5.41, 5.74) is 2.17. The van der Waals surface area contributed by atoms with Gasteiger partial charge in [-0.3, -0.25) is 4.79 Å². The molecule has 2 aromatic heterocycles. The summed E-state index contributed by atoms with van der Waals surface area (Å²) in [6.45, 7) is 1.99. The number of aryl methyl sites for hydroxylation is 1. The molecule has 0 aliphatic carbocycles. The zero-order chi connectivity index (χ0) is 12.7. The molecule has 0 bridgehead atoms. The number of nitrogens with one attached hydrogen (secondary N) is 1. The molecule has 0 amide bonds. The van der Waals surface area contributed by atoms with Crippen molar-refractivity contribution in [1.29, 1.82) is 5.26 Å². The number of pyridine rings is 2. The lowest BCUT2D eigenvalue weighted by Gasteiger charge is -2.02. The average Bonchev–Trinajstić information content (AvgIpc) is 2.35. The van der Waals surface area contributed by atoms with Crippen LogP contribution in [0, 0.1) is 18.3 Å². The predicted molar refractivity (Wildman–Crippen MR) is 69.3 cm³/mol. The number of benzene rings is 1. The number of H-pyrrole nitrogens is 1. The number of nitrogens with zero attached hydrogens (tertiary/aromatic N) is 2. The summed E-state index contributed by atoms with van der Waals surface area (Å²) in [6.07, 6.45) is 0. The Kier molecular flexibility index (Phi) is 2.14. The van der Waals surface area contributed by atoms with Gasteiger partial charge in [0.05, 0.1) is 5.52 Å². The van der Waals surface area contributed by atoms with Crippen LogP contribution in [0.3, 0.4) is 0 Å². The molecule has 0 unspecified atom stereocenters. The fourth-order valence-electron chi connectivity index (χ4n) is 1.98. The number of nitriles is 1. The van der Waals surface area contributed by atoms with Crippen molar-refractivity contribution in [3.05, 3.63) is 51.8 Å². The molecule has 0 spiro atoms. The summed E-state index contributed by atoms with van der Waals surface area (Å²) in [4.78, 5) is 18.6. The minimum Gasteiger partial charge on any atom is -0.305 e. The highest BCUT2D eigenvalue weighted by Crippen LogP contribution is 2.19. The van der Waals surface area contributed by atoms with E-state index in [0.29, 0.717) is 5.65 Å². The van der Waals surface area contributed by atoms with Gasteiger partial charge in [0.2, 0.25) is 0 Å². The lowest BCUT2D eigenvalue weighted by molar-refractivity contribution is 1.23. The maximum absolute atomic E-state index is 11.5. The number of aromatic nitrogens is 2. The molecule has 1 aromatic carbocycles. The second-order valence-electron chi connectivity index (χ2n) is 4.25. The monoisotopic (exact) mass is 235 g/mol. The Bertz CT molecular complexity index is 872. The molecule has 86 valence electrons. The Morgan fingerprint density at radius 3 is 2.83 bits per heavy atom. The quantitative estimate of drug-likeness (QED) is 0.607. The van der Waals surface area contributed by atoms with Crippen molar-refractivity contribution in [2.45, 2.75) is 6.92 Å². The van der Waals surface area contributed by atoms with Crippen molar-refractivity contribution >= 4 is 21.9 Å². The van der Waals surface area contributed by atoms with E-state index in [1.54, 1.807) is 6.07 Å². The van der Waals surface area contributed by atoms with Crippen LogP contribution in [0.25, 0.3) is 21.9 Å². The number of hydrogen-bond donors (Lipinski definition) is 1. The first-order valence-electron chi connectivity index (χ1n) is 5.52. The summed E-state index contributed by atoms with van der Waals surface area (Å²) < 4.78 is 0. The first-order chi connectivity index (χ1) is 8.67. The molecule has 0 aliphatic heterocycles. The van der Waals surface area contributed by atoms with Gasteiger partial charge in [-0.15, -0.1) is 0 Å². The van der Waals surface area contributed by atoms with E-state index in [1.165, 1.54) is 0 Å². The largest absolute Gasteiger partial charge is 0.305 e. The fourth-order valence-corrected chi connectivity index (χ4v) is 1.98. The molecule has 0 saturated heterocycles. The van der Waals surface area contributed by atoms with Gasteiger partial charge in [0, 0.05) is 10.8 Å². The van der Waals surface area contributed by atoms with Gasteiger partial charge in [0.15, 0.2) is 0 Å². The highest BCUT2D eigenvalue weighted by Gasteiger charge is 2.05. The Morgan fingerprint density at radius 1 is 1.22 bits per heavy atom. The van der Waals surface area contributed by atoms with Crippen molar-refractivity contribution in [2.24, 2.45) is 0 Å². The lowest BCUT2D eigenvalue weighted by Crippen LogP contribution is -2.10. The van der Waals surface area contributed by atoms with Gasteiger partial charge in [-0.25, -0.2) is 4.98 Å². The standard InChI is InChI=1S/C14H9N3O/c1-8-2-3-9-5-10-6-11(7-15)14(18)17-13(10)16-12(9)4-8/h2-6H,1H3,(H,16,17,18). The second kappa shape index (κ2) is 3.67. The summed E-state index contributed by atoms with van der Waals surface area (Å²) in [6, 6.07) is 11.3. The van der Waals surface area contributed by atoms with E-state index in [0.717, 1.165) is 21.9 Å². The number of rotatable bonds is 0. The SMILES string of the molecule is Cc1ccc2cc3cc(C#N)c(=O)[nH]c3nc2c1. The van der Waals surface area contributed by atoms with E-state index in [1.807, 2.05) is 37.3 Å². The van der Waals surface area contributed by atoms with E-state index in [9.17, 15) is 4.79 Å². The molecule has 1 N–H and O–H groups in total. The van der Waals surface area contributed by atoms with Crippen LogP contribution in [0.1, 0.15) is 11.1 Å². The van der Waals surface area contributed by atoms with Crippen molar-refractivity contribution < 1.29 is 0 Å². The van der Waals surface area contributed by atoms with Crippen LogP contribution in [0.4, 0.5) is 0 Å². The number of fused-ring (bicyclic) bond motifs is 2. The zero-order valence-electron chi connectivity index (χ0n) is 9.69. The van der Waals surface area contributed by atoms with E-state index in [2.05, 4.69) is 9.97 Å². The van der Waals surface area contributed by atoms with Gasteiger partial charge in [-0.1, -0.05) is 12.1 Å². The van der Waals surface area contributed by atoms with Crippen LogP contribution < -0.4 is 5.56 Å². The van der Waals surface area contributed by atoms with Crippen LogP contribution in [-0.2, 0) is 0 Å². The van der Waals surface area contributed by atoms with E-state index < -0.39 is 5.56 Å². The van der Waals surface area contributed by atoms with Crippen LogP contribution >= 0.6 is 0 Å². The fraction of sp³-hybridized carbons (Fsp3) is 0.0714. The van der Waals surface area contributed by atoms with E-state index >= 15 is 0 Å². The molecular weight excluding hydrogens is 226 g/mol. The third-order valence-electron chi connectivity index (χ3n) is 2.90. The molecule has 0 fully saturated rings. The molecular formula is C14H9N3O. The molecule has 3 rings (SSSR count). The van der Waals surface area contributed by atoms with E-state index in [-0.39, 0.29) is 5.56 Å². The van der Waals surface area contributed by atoms with Crippen molar-refractivity contribution in [1.82, 2.24) is 9.97 Å². The Morgan fingerprint density at radius 2 is 2.06 bits per heavy atom. The topological polar surface area (TPSA) is 69.5 Å². The molecule has 0 radical (unpaired) electrons. The molecule has 0 atom stereocenters. The molecule has 18 heavy (non-hydrogen) atoms. The highest BCUT2D eigenvalue weighted by atomic mass is 16.1. The first kappa shape index (κ1) is 10.5. The summed E-state index contributed by atoms with van der Waals surface area (Å²) >= 11 is 0. The van der Waals surface area contributed by atoms with Crippen LogP contribution in [0.2, 0.25) is 0 Å². The first-order valence-corrected chi connectivity index (χ1v) is 5.52. The van der Waals surface area contributed by atoms with Crippen LogP contribution in [-0.4, -0.2) is 9.97 Å². The highest BCUT2D eigenvalue weighted by molar-refractivity contribution is 5.91. The normalized spacial score (nSPS) is 10.7. The molecule has 0 saturated carbocycles. The third-order valence-corrected chi connectivity index (χ3v) is 2.90. The molecule has 2 heterocycles. The van der Waals surface area contributed by atoms with Gasteiger partial charge in [0.1, 0.15) is 17.3 Å². The van der Waals surface area contributed by atoms with Crippen molar-refractivity contribution in [3.8, 4) is 6.07 Å². The van der Waals surface area contributed by atoms with Gasteiger partial charge < -0.3 is 4.98 Å². The molecule has 4 heteroatoms. The minimum atomic E-state index is -0.399. The predicted octanol–water partition coefficient (Wildman–Crippen LogP) is 2.26. The second-order valence-corrected chi connectivity index (χ2v) is 4.25. The summed E-state index contributed by atoms with van der Waals surface area (Å²) in [7, 11) is 0. The van der Waals surface area contributed by atoms with Crippen molar-refractivity contribution in [2.75, 3.05) is 0 Å². The van der Waals surface area contributed by atoms with Gasteiger partial charge >= 0.3 is 0 Å². The number of hydrogen-bond acceptors (Lipinski definition) is 3. The maximum atomic E-state index is 11.5. The van der Waals surface area contributed by atoms with Crippen LogP contribution in [0.5, 0.6) is 0 Å². The third kappa shape index (κ3) is 1.54. The molecule has 0 aliphatic rings. The molecule has 4 nitrogen and oxygen atoms in total. The average molecular weight is 235 g/mol. The van der Waals surface area contributed by atoms with Crippen molar-refractivity contribution in [3.63, 3.8) is 0 Å². The van der Waals surface area contributed by atoms with Gasteiger partial charge in [-0.05, 0) is 30.7 Å². The number of aromatic amines is 1. The van der Waals surface area contributed by atoms with Gasteiger partial charge in [0.25, 0.3) is 5.56 Å². The minimum absolute atomic E-state index is 0.107. The zero-order valence-corrected chi connectivity index (χ0v) is 9.69.